The summed E-state index contributed by atoms with van der Waals surface area (Å²) < 4.78 is 20.8. The molecule has 10 heteroatoms. The van der Waals surface area contributed by atoms with Crippen LogP contribution in [-0.2, 0) is 29.8 Å². The van der Waals surface area contributed by atoms with Gasteiger partial charge in [-0.05, 0) is 77.6 Å². The maximum Gasteiger partial charge on any atom is 0.196 e. The first-order chi connectivity index (χ1) is 20.0. The fourth-order valence-corrected chi connectivity index (χ4v) is 5.81. The third-order valence-electron chi connectivity index (χ3n) is 7.11. The Bertz CT molecular complexity index is 1680. The first-order valence-electron chi connectivity index (χ1n) is 13.2. The van der Waals surface area contributed by atoms with Gasteiger partial charge in [-0.1, -0.05) is 30.0 Å². The Kier molecular flexibility index (Phi) is 7.58. The smallest absolute Gasteiger partial charge is 0.196 e. The molecular weight excluding hydrogens is 541 g/mol. The number of aromatic nitrogens is 4. The van der Waals surface area contributed by atoms with Gasteiger partial charge in [-0.25, -0.2) is 4.39 Å². The van der Waals surface area contributed by atoms with E-state index in [1.165, 1.54) is 30.0 Å². The van der Waals surface area contributed by atoms with Crippen molar-refractivity contribution in [3.63, 3.8) is 0 Å². The standard InChI is InChI=1S/C31H28FN5O3S/c1-40-29-15-22-13-24(10-11-26(22)34-29)37-30(35-36-31(37)41-18-20-3-2-12-33-17-20)25-14-21(27(38)16-28(25)39)7-4-19-5-8-23(32)9-6-19/h2-3,5-6,8-14,16-17,29,34,38-39H,4,7,15,18H2,1H3. The van der Waals surface area contributed by atoms with Crippen molar-refractivity contribution in [3.05, 3.63) is 107 Å². The minimum atomic E-state index is -0.292. The maximum absolute atomic E-state index is 13.3. The molecular formula is C31H28FN5O3S. The molecule has 0 fully saturated rings. The SMILES string of the molecule is COC1Cc2cc(-n3c(SCc4cccnc4)nnc3-c3cc(CCc4ccc(F)cc4)c(O)cc3O)ccc2N1. The summed E-state index contributed by atoms with van der Waals surface area (Å²) in [6, 6.07) is 19.4. The molecule has 3 N–H and O–H groups in total. The molecule has 0 bridgehead atoms. The third kappa shape index (κ3) is 5.75. The lowest BCUT2D eigenvalue weighted by atomic mass is 10.0. The van der Waals surface area contributed by atoms with E-state index < -0.39 is 0 Å². The van der Waals surface area contributed by atoms with Gasteiger partial charge in [0.05, 0.1) is 11.3 Å². The minimum Gasteiger partial charge on any atom is -0.508 e. The van der Waals surface area contributed by atoms with Crippen molar-refractivity contribution in [3.8, 4) is 28.6 Å². The number of thioether (sulfide) groups is 1. The monoisotopic (exact) mass is 569 g/mol. The van der Waals surface area contributed by atoms with E-state index in [2.05, 4.69) is 26.6 Å². The molecule has 3 aromatic carbocycles. The second-order valence-electron chi connectivity index (χ2n) is 9.83. The van der Waals surface area contributed by atoms with E-state index in [-0.39, 0.29) is 23.5 Å². The molecule has 0 spiro atoms. The van der Waals surface area contributed by atoms with E-state index in [4.69, 9.17) is 4.74 Å². The summed E-state index contributed by atoms with van der Waals surface area (Å²) in [5.41, 5.74) is 6.04. The average Bonchev–Trinajstić information content (AvgIpc) is 3.60. The van der Waals surface area contributed by atoms with E-state index in [9.17, 15) is 14.6 Å². The maximum atomic E-state index is 13.3. The Morgan fingerprint density at radius 3 is 2.63 bits per heavy atom. The van der Waals surface area contributed by atoms with Gasteiger partial charge < -0.3 is 20.3 Å². The van der Waals surface area contributed by atoms with Crippen molar-refractivity contribution in [2.45, 2.75) is 36.4 Å². The van der Waals surface area contributed by atoms with Crippen LogP contribution >= 0.6 is 11.8 Å². The van der Waals surface area contributed by atoms with Crippen molar-refractivity contribution in [2.75, 3.05) is 12.4 Å². The predicted octanol–water partition coefficient (Wildman–Crippen LogP) is 5.90. The van der Waals surface area contributed by atoms with E-state index in [1.807, 2.05) is 35.0 Å². The molecule has 0 radical (unpaired) electrons. The lowest BCUT2D eigenvalue weighted by molar-refractivity contribution is 0.132. The summed E-state index contributed by atoms with van der Waals surface area (Å²) in [5, 5.41) is 34.6. The van der Waals surface area contributed by atoms with Crippen LogP contribution in [0.5, 0.6) is 11.5 Å². The van der Waals surface area contributed by atoms with Crippen LogP contribution in [0.2, 0.25) is 0 Å². The van der Waals surface area contributed by atoms with Crippen molar-refractivity contribution < 1.29 is 19.3 Å². The number of rotatable bonds is 9. The molecule has 208 valence electrons. The number of anilines is 1. The molecule has 0 saturated heterocycles. The van der Waals surface area contributed by atoms with Gasteiger partial charge in [-0.2, -0.15) is 0 Å². The number of nitrogens with zero attached hydrogens (tertiary/aromatic N) is 4. The largest absolute Gasteiger partial charge is 0.508 e. The van der Waals surface area contributed by atoms with Crippen LogP contribution in [0.4, 0.5) is 10.1 Å². The molecule has 1 unspecified atom stereocenters. The zero-order chi connectivity index (χ0) is 28.3. The van der Waals surface area contributed by atoms with Gasteiger partial charge >= 0.3 is 0 Å². The molecule has 1 aliphatic rings. The van der Waals surface area contributed by atoms with E-state index in [1.54, 1.807) is 31.5 Å². The van der Waals surface area contributed by atoms with Gasteiger partial charge in [-0.15, -0.1) is 10.2 Å². The highest BCUT2D eigenvalue weighted by atomic mass is 32.2. The quantitative estimate of drug-likeness (QED) is 0.189. The second kappa shape index (κ2) is 11.6. The van der Waals surface area contributed by atoms with Gasteiger partial charge in [-0.3, -0.25) is 9.55 Å². The average molecular weight is 570 g/mol. The van der Waals surface area contributed by atoms with E-state index in [0.717, 1.165) is 28.1 Å². The number of methoxy groups -OCH3 is 1. The minimum absolute atomic E-state index is 0.0141. The van der Waals surface area contributed by atoms with Crippen LogP contribution in [0.3, 0.4) is 0 Å². The fraction of sp³-hybridized carbons (Fsp3) is 0.194. The Balaban J connectivity index is 1.38. The molecule has 0 aliphatic carbocycles. The van der Waals surface area contributed by atoms with Crippen molar-refractivity contribution in [2.24, 2.45) is 0 Å². The molecule has 41 heavy (non-hydrogen) atoms. The van der Waals surface area contributed by atoms with Gasteiger partial charge in [0.2, 0.25) is 0 Å². The van der Waals surface area contributed by atoms with Crippen LogP contribution in [0.1, 0.15) is 22.3 Å². The van der Waals surface area contributed by atoms with Crippen molar-refractivity contribution >= 4 is 17.4 Å². The van der Waals surface area contributed by atoms with Crippen LogP contribution in [0.15, 0.2) is 84.3 Å². The number of pyridine rings is 1. The Labute approximate surface area is 240 Å². The highest BCUT2D eigenvalue weighted by Crippen LogP contribution is 2.39. The number of benzene rings is 3. The van der Waals surface area contributed by atoms with Gasteiger partial charge in [0.1, 0.15) is 23.5 Å². The molecule has 8 nitrogen and oxygen atoms in total. The summed E-state index contributed by atoms with van der Waals surface area (Å²) >= 11 is 1.52. The highest BCUT2D eigenvalue weighted by Gasteiger charge is 2.24. The van der Waals surface area contributed by atoms with Crippen molar-refractivity contribution in [1.82, 2.24) is 19.7 Å². The zero-order valence-electron chi connectivity index (χ0n) is 22.3. The number of aromatic hydroxyl groups is 2. The molecule has 1 atom stereocenters. The van der Waals surface area contributed by atoms with Crippen LogP contribution in [-0.4, -0.2) is 43.3 Å². The Hall–Kier alpha value is -4.41. The number of nitrogens with one attached hydrogen (secondary N) is 1. The lowest BCUT2D eigenvalue weighted by Crippen LogP contribution is -2.16. The summed E-state index contributed by atoms with van der Waals surface area (Å²) in [4.78, 5) is 4.21. The number of phenols is 2. The highest BCUT2D eigenvalue weighted by molar-refractivity contribution is 7.98. The summed E-state index contributed by atoms with van der Waals surface area (Å²) in [5.74, 6) is 0.676. The first-order valence-corrected chi connectivity index (χ1v) is 14.2. The van der Waals surface area contributed by atoms with Gasteiger partial charge in [0, 0.05) is 43.4 Å². The zero-order valence-corrected chi connectivity index (χ0v) is 23.1. The number of aryl methyl sites for hydroxylation is 2. The fourth-order valence-electron chi connectivity index (χ4n) is 4.93. The first kappa shape index (κ1) is 26.8. The molecule has 2 aromatic heterocycles. The molecule has 5 aromatic rings. The van der Waals surface area contributed by atoms with E-state index >= 15 is 0 Å². The van der Waals surface area contributed by atoms with Gasteiger partial charge in [0.15, 0.2) is 11.0 Å². The lowest BCUT2D eigenvalue weighted by Gasteiger charge is -2.14. The Morgan fingerprint density at radius 2 is 1.85 bits per heavy atom. The second-order valence-corrected chi connectivity index (χ2v) is 10.8. The molecule has 0 saturated carbocycles. The number of halogens is 1. The normalized spacial score (nSPS) is 14.1. The van der Waals surface area contributed by atoms with E-state index in [0.29, 0.717) is 47.1 Å². The topological polar surface area (TPSA) is 105 Å². The predicted molar refractivity (Wildman–Crippen MR) is 156 cm³/mol. The number of fused-ring (bicyclic) bond motifs is 1. The number of hydrogen-bond donors (Lipinski definition) is 3. The van der Waals surface area contributed by atoms with Crippen LogP contribution in [0.25, 0.3) is 17.1 Å². The summed E-state index contributed by atoms with van der Waals surface area (Å²) in [6.07, 6.45) is 5.26. The number of phenolic OH excluding ortho intramolecular Hbond substituents is 2. The summed E-state index contributed by atoms with van der Waals surface area (Å²) in [6.45, 7) is 0. The summed E-state index contributed by atoms with van der Waals surface area (Å²) in [7, 11) is 1.68. The third-order valence-corrected chi connectivity index (χ3v) is 8.11. The molecule has 1 aliphatic heterocycles. The van der Waals surface area contributed by atoms with Crippen LogP contribution in [0, 0.1) is 5.82 Å². The number of hydrogen-bond acceptors (Lipinski definition) is 8. The molecule has 0 amide bonds. The van der Waals surface area contributed by atoms with Crippen LogP contribution < -0.4 is 5.32 Å². The van der Waals surface area contributed by atoms with Crippen molar-refractivity contribution in [1.29, 1.82) is 0 Å². The van der Waals surface area contributed by atoms with Gasteiger partial charge in [0.25, 0.3) is 0 Å². The number of ether oxygens (including phenoxy) is 1. The molecule has 6 rings (SSSR count). The Morgan fingerprint density at radius 1 is 1.00 bits per heavy atom. The molecule has 3 heterocycles.